The molecule has 1 aromatic carbocycles. The topological polar surface area (TPSA) is 60.3 Å². The number of benzene rings is 1. The van der Waals surface area contributed by atoms with Crippen molar-refractivity contribution in [2.45, 2.75) is 59.2 Å². The van der Waals surface area contributed by atoms with Gasteiger partial charge in [0, 0.05) is 24.0 Å². The number of nitrogens with zero attached hydrogens (tertiary/aromatic N) is 1. The van der Waals surface area contributed by atoms with Crippen LogP contribution in [-0.2, 0) is 16.1 Å². The third kappa shape index (κ3) is 3.98. The Kier molecular flexibility index (Phi) is 5.16. The van der Waals surface area contributed by atoms with Gasteiger partial charge in [-0.1, -0.05) is 29.8 Å². The fourth-order valence-electron chi connectivity index (χ4n) is 3.19. The van der Waals surface area contributed by atoms with Gasteiger partial charge in [-0.3, -0.25) is 4.79 Å². The summed E-state index contributed by atoms with van der Waals surface area (Å²) in [5.74, 6) is -0.738. The number of nitrogens with one attached hydrogen (secondary N) is 1. The highest BCUT2D eigenvalue weighted by atomic mass is 16.5. The number of aryl methyl sites for hydroxylation is 2. The molecule has 26 heavy (non-hydrogen) atoms. The Balaban J connectivity index is 1.57. The van der Waals surface area contributed by atoms with Gasteiger partial charge in [-0.15, -0.1) is 0 Å². The van der Waals surface area contributed by atoms with Gasteiger partial charge in [0.25, 0.3) is 5.91 Å². The van der Waals surface area contributed by atoms with Crippen molar-refractivity contribution in [3.8, 4) is 0 Å². The standard InChI is InChI=1S/C21H26N2O3/c1-13-5-7-17(8-6-13)12-22-20(24)16(4)26-21(25)19-11-14(2)23(15(19)3)18-9-10-18/h5-8,11,16,18H,9-10,12H2,1-4H3,(H,22,24)/t16-/m1/s1. The van der Waals surface area contributed by atoms with E-state index >= 15 is 0 Å². The van der Waals surface area contributed by atoms with Crippen molar-refractivity contribution in [2.24, 2.45) is 0 Å². The van der Waals surface area contributed by atoms with Gasteiger partial charge in [0.2, 0.25) is 0 Å². The van der Waals surface area contributed by atoms with Crippen LogP contribution in [0.4, 0.5) is 0 Å². The first kappa shape index (κ1) is 18.2. The number of ether oxygens (including phenoxy) is 1. The highest BCUT2D eigenvalue weighted by Gasteiger charge is 2.29. The molecule has 1 aliphatic carbocycles. The van der Waals surface area contributed by atoms with Crippen molar-refractivity contribution in [1.82, 2.24) is 9.88 Å². The van der Waals surface area contributed by atoms with Gasteiger partial charge < -0.3 is 14.6 Å². The SMILES string of the molecule is Cc1ccc(CNC(=O)[C@@H](C)OC(=O)c2cc(C)n(C3CC3)c2C)cc1. The van der Waals surface area contributed by atoms with Gasteiger partial charge in [0.15, 0.2) is 6.10 Å². The molecule has 0 bridgehead atoms. The van der Waals surface area contributed by atoms with E-state index < -0.39 is 12.1 Å². The first-order valence-corrected chi connectivity index (χ1v) is 9.09. The lowest BCUT2D eigenvalue weighted by Gasteiger charge is -2.14. The number of rotatable bonds is 6. The van der Waals surface area contributed by atoms with Gasteiger partial charge in [-0.05, 0) is 52.2 Å². The summed E-state index contributed by atoms with van der Waals surface area (Å²) in [4.78, 5) is 24.7. The summed E-state index contributed by atoms with van der Waals surface area (Å²) >= 11 is 0. The summed E-state index contributed by atoms with van der Waals surface area (Å²) in [6, 6.07) is 10.3. The number of carbonyl (C=O) groups is 2. The molecule has 1 aromatic heterocycles. The summed E-state index contributed by atoms with van der Waals surface area (Å²) in [6.45, 7) is 7.97. The summed E-state index contributed by atoms with van der Waals surface area (Å²) in [7, 11) is 0. The van der Waals surface area contributed by atoms with E-state index in [1.165, 1.54) is 5.56 Å². The van der Waals surface area contributed by atoms with E-state index in [-0.39, 0.29) is 5.91 Å². The quantitative estimate of drug-likeness (QED) is 0.806. The number of amides is 1. The van der Waals surface area contributed by atoms with Crippen LogP contribution >= 0.6 is 0 Å². The van der Waals surface area contributed by atoms with Crippen LogP contribution in [0.3, 0.4) is 0 Å². The predicted octanol–water partition coefficient (Wildman–Crippen LogP) is 3.61. The van der Waals surface area contributed by atoms with Crippen molar-refractivity contribution in [1.29, 1.82) is 0 Å². The minimum absolute atomic E-state index is 0.296. The summed E-state index contributed by atoms with van der Waals surface area (Å²) in [5.41, 5.74) is 4.71. The number of carbonyl (C=O) groups excluding carboxylic acids is 2. The van der Waals surface area contributed by atoms with Crippen molar-refractivity contribution < 1.29 is 14.3 Å². The summed E-state index contributed by atoms with van der Waals surface area (Å²) < 4.78 is 7.58. The molecule has 1 heterocycles. The van der Waals surface area contributed by atoms with Gasteiger partial charge >= 0.3 is 5.97 Å². The fourth-order valence-corrected chi connectivity index (χ4v) is 3.19. The largest absolute Gasteiger partial charge is 0.449 e. The molecule has 3 rings (SSSR count). The second kappa shape index (κ2) is 7.36. The Morgan fingerprint density at radius 1 is 1.19 bits per heavy atom. The van der Waals surface area contributed by atoms with Gasteiger partial charge in [-0.2, -0.15) is 0 Å². The number of aromatic nitrogens is 1. The molecular weight excluding hydrogens is 328 g/mol. The van der Waals surface area contributed by atoms with E-state index in [2.05, 4.69) is 9.88 Å². The zero-order valence-electron chi connectivity index (χ0n) is 15.8. The molecule has 0 unspecified atom stereocenters. The average molecular weight is 354 g/mol. The van der Waals surface area contributed by atoms with Gasteiger partial charge in [0.1, 0.15) is 0 Å². The van der Waals surface area contributed by atoms with E-state index in [4.69, 9.17) is 4.74 Å². The Morgan fingerprint density at radius 3 is 2.46 bits per heavy atom. The van der Waals surface area contributed by atoms with Gasteiger partial charge in [0.05, 0.1) is 5.56 Å². The molecule has 1 aliphatic rings. The summed E-state index contributed by atoms with van der Waals surface area (Å²) in [6.07, 6.45) is 1.47. The van der Waals surface area contributed by atoms with Crippen LogP contribution in [0.25, 0.3) is 0 Å². The highest BCUT2D eigenvalue weighted by molar-refractivity contribution is 5.93. The monoisotopic (exact) mass is 354 g/mol. The maximum absolute atomic E-state index is 12.5. The fraction of sp³-hybridized carbons (Fsp3) is 0.429. The normalized spacial score (nSPS) is 14.8. The van der Waals surface area contributed by atoms with Crippen LogP contribution in [0.5, 0.6) is 0 Å². The Morgan fingerprint density at radius 2 is 1.85 bits per heavy atom. The molecule has 0 radical (unpaired) electrons. The first-order chi connectivity index (χ1) is 12.4. The van der Waals surface area contributed by atoms with Crippen molar-refractivity contribution in [3.05, 3.63) is 58.4 Å². The smallest absolute Gasteiger partial charge is 0.340 e. The van der Waals surface area contributed by atoms with Crippen LogP contribution in [0.15, 0.2) is 30.3 Å². The number of hydrogen-bond donors (Lipinski definition) is 1. The molecule has 2 aromatic rings. The molecule has 1 amide bonds. The second-order valence-corrected chi connectivity index (χ2v) is 7.14. The number of esters is 1. The molecule has 5 heteroatoms. The molecule has 0 spiro atoms. The van der Waals surface area contributed by atoms with Crippen LogP contribution < -0.4 is 5.32 Å². The second-order valence-electron chi connectivity index (χ2n) is 7.14. The lowest BCUT2D eigenvalue weighted by Crippen LogP contribution is -2.35. The minimum Gasteiger partial charge on any atom is -0.449 e. The summed E-state index contributed by atoms with van der Waals surface area (Å²) in [5, 5.41) is 2.81. The Bertz CT molecular complexity index is 817. The molecule has 1 atom stereocenters. The van der Waals surface area contributed by atoms with E-state index in [1.807, 2.05) is 51.1 Å². The molecule has 1 N–H and O–H groups in total. The minimum atomic E-state index is -0.836. The number of hydrogen-bond acceptors (Lipinski definition) is 3. The highest BCUT2D eigenvalue weighted by Crippen LogP contribution is 2.38. The molecule has 138 valence electrons. The lowest BCUT2D eigenvalue weighted by atomic mass is 10.1. The molecule has 5 nitrogen and oxygen atoms in total. The van der Waals surface area contributed by atoms with Gasteiger partial charge in [-0.25, -0.2) is 4.79 Å². The maximum atomic E-state index is 12.5. The molecule has 1 fully saturated rings. The zero-order valence-corrected chi connectivity index (χ0v) is 15.8. The van der Waals surface area contributed by atoms with E-state index in [0.717, 1.165) is 29.8 Å². The molecular formula is C21H26N2O3. The average Bonchev–Trinajstić information content (AvgIpc) is 3.39. The molecule has 0 saturated heterocycles. The van der Waals surface area contributed by atoms with Crippen LogP contribution in [0.1, 0.15) is 58.7 Å². The van der Waals surface area contributed by atoms with Crippen LogP contribution in [-0.4, -0.2) is 22.5 Å². The lowest BCUT2D eigenvalue weighted by molar-refractivity contribution is -0.129. The van der Waals surface area contributed by atoms with Crippen LogP contribution in [0, 0.1) is 20.8 Å². The van der Waals surface area contributed by atoms with E-state index in [1.54, 1.807) is 6.92 Å². The Hall–Kier alpha value is -2.56. The molecule has 0 aliphatic heterocycles. The zero-order chi connectivity index (χ0) is 18.8. The van der Waals surface area contributed by atoms with Crippen molar-refractivity contribution in [3.63, 3.8) is 0 Å². The van der Waals surface area contributed by atoms with Crippen LogP contribution in [0.2, 0.25) is 0 Å². The third-order valence-corrected chi connectivity index (χ3v) is 4.86. The third-order valence-electron chi connectivity index (χ3n) is 4.86. The van der Waals surface area contributed by atoms with E-state index in [9.17, 15) is 9.59 Å². The molecule has 1 saturated carbocycles. The maximum Gasteiger partial charge on any atom is 0.340 e. The van der Waals surface area contributed by atoms with Crippen molar-refractivity contribution >= 4 is 11.9 Å². The van der Waals surface area contributed by atoms with E-state index in [0.29, 0.717) is 18.2 Å². The Labute approximate surface area is 154 Å². The first-order valence-electron chi connectivity index (χ1n) is 9.09. The van der Waals surface area contributed by atoms with Crippen molar-refractivity contribution in [2.75, 3.05) is 0 Å². The predicted molar refractivity (Wildman–Crippen MR) is 100 cm³/mol.